The van der Waals surface area contributed by atoms with Crippen molar-refractivity contribution in [3.8, 4) is 5.69 Å². The molecule has 0 aliphatic heterocycles. The van der Waals surface area contributed by atoms with Crippen LogP contribution in [0.4, 0.5) is 0 Å². The highest BCUT2D eigenvalue weighted by Crippen LogP contribution is 2.37. The molecule has 1 aliphatic carbocycles. The van der Waals surface area contributed by atoms with Crippen LogP contribution in [-0.2, 0) is 22.4 Å². The van der Waals surface area contributed by atoms with Crippen molar-refractivity contribution >= 4 is 45.1 Å². The van der Waals surface area contributed by atoms with Gasteiger partial charge in [0.25, 0.3) is 5.56 Å². The quantitative estimate of drug-likeness (QED) is 0.343. The summed E-state index contributed by atoms with van der Waals surface area (Å²) in [6, 6.07) is 7.83. The fourth-order valence-electron chi connectivity index (χ4n) is 4.17. The van der Waals surface area contributed by atoms with Crippen LogP contribution in [0, 0.1) is 6.92 Å². The molecule has 5 rings (SSSR count). The molecule has 4 aromatic rings. The maximum Gasteiger partial charge on any atom is 0.318 e. The summed E-state index contributed by atoms with van der Waals surface area (Å²) in [6.45, 7) is 3.78. The van der Waals surface area contributed by atoms with Gasteiger partial charge in [-0.25, -0.2) is 8.97 Å². The van der Waals surface area contributed by atoms with Gasteiger partial charge in [-0.15, -0.1) is 21.5 Å². The Hall–Kier alpha value is -2.65. The summed E-state index contributed by atoms with van der Waals surface area (Å²) in [7, 11) is 1.38. The molecule has 7 nitrogen and oxygen atoms in total. The van der Waals surface area contributed by atoms with E-state index in [-0.39, 0.29) is 11.5 Å². The largest absolute Gasteiger partial charge is 0.468 e. The summed E-state index contributed by atoms with van der Waals surface area (Å²) >= 11 is 2.94. The van der Waals surface area contributed by atoms with Crippen LogP contribution < -0.4 is 5.56 Å². The van der Waals surface area contributed by atoms with E-state index in [4.69, 9.17) is 4.74 Å². The highest BCUT2D eigenvalue weighted by atomic mass is 32.2. The molecule has 0 saturated heterocycles. The second kappa shape index (κ2) is 7.80. The van der Waals surface area contributed by atoms with Crippen LogP contribution >= 0.6 is 23.1 Å². The van der Waals surface area contributed by atoms with E-state index < -0.39 is 5.25 Å². The van der Waals surface area contributed by atoms with Crippen LogP contribution in [0.25, 0.3) is 21.7 Å². The first-order valence-electron chi connectivity index (χ1n) is 10.3. The van der Waals surface area contributed by atoms with Crippen LogP contribution in [0.5, 0.6) is 0 Å². The number of aryl methyl sites for hydroxylation is 3. The first kappa shape index (κ1) is 20.3. The number of carbonyl (C=O) groups excluding carboxylic acids is 1. The zero-order chi connectivity index (χ0) is 21.7. The number of hydrogen-bond donors (Lipinski definition) is 0. The van der Waals surface area contributed by atoms with Crippen LogP contribution in [0.1, 0.15) is 35.8 Å². The van der Waals surface area contributed by atoms with Gasteiger partial charge in [-0.2, -0.15) is 0 Å². The van der Waals surface area contributed by atoms with Crippen molar-refractivity contribution in [1.29, 1.82) is 0 Å². The molecule has 0 N–H and O–H groups in total. The van der Waals surface area contributed by atoms with Gasteiger partial charge < -0.3 is 4.74 Å². The fourth-order valence-corrected chi connectivity index (χ4v) is 6.48. The summed E-state index contributed by atoms with van der Waals surface area (Å²) in [5.74, 6) is 0.136. The molecule has 0 fully saturated rings. The number of fused-ring (bicyclic) bond motifs is 5. The predicted octanol–water partition coefficient (Wildman–Crippen LogP) is 3.94. The molecule has 0 amide bonds. The van der Waals surface area contributed by atoms with Crippen molar-refractivity contribution in [3.63, 3.8) is 0 Å². The number of methoxy groups -OCH3 is 1. The maximum atomic E-state index is 13.8. The van der Waals surface area contributed by atoms with Gasteiger partial charge in [0, 0.05) is 4.88 Å². The molecule has 1 aliphatic rings. The first-order valence-corrected chi connectivity index (χ1v) is 11.9. The van der Waals surface area contributed by atoms with Gasteiger partial charge in [0.2, 0.25) is 5.78 Å². The summed E-state index contributed by atoms with van der Waals surface area (Å²) in [5, 5.41) is 9.65. The molecule has 0 radical (unpaired) electrons. The number of esters is 1. The van der Waals surface area contributed by atoms with E-state index in [1.165, 1.54) is 23.7 Å². The Kier molecular flexibility index (Phi) is 5.10. The minimum Gasteiger partial charge on any atom is -0.468 e. The Morgan fingerprint density at radius 3 is 2.84 bits per heavy atom. The summed E-state index contributed by atoms with van der Waals surface area (Å²) < 4.78 is 8.47. The number of nitrogens with zero attached hydrogens (tertiary/aromatic N) is 4. The molecule has 160 valence electrons. The van der Waals surface area contributed by atoms with Crippen LogP contribution in [0.2, 0.25) is 0 Å². The van der Waals surface area contributed by atoms with Gasteiger partial charge in [0.1, 0.15) is 10.1 Å². The third-order valence-electron chi connectivity index (χ3n) is 5.66. The van der Waals surface area contributed by atoms with E-state index in [0.717, 1.165) is 52.7 Å². The van der Waals surface area contributed by atoms with E-state index in [2.05, 4.69) is 10.2 Å². The molecular formula is C22H22N4O3S2. The smallest absolute Gasteiger partial charge is 0.318 e. The Labute approximate surface area is 187 Å². The highest BCUT2D eigenvalue weighted by Gasteiger charge is 2.27. The lowest BCUT2D eigenvalue weighted by Crippen LogP contribution is -2.22. The molecule has 0 bridgehead atoms. The van der Waals surface area contributed by atoms with Gasteiger partial charge in [-0.1, -0.05) is 23.9 Å². The van der Waals surface area contributed by atoms with E-state index in [1.807, 2.05) is 35.6 Å². The monoisotopic (exact) mass is 454 g/mol. The van der Waals surface area contributed by atoms with Crippen LogP contribution in [-0.4, -0.2) is 37.5 Å². The average Bonchev–Trinajstić information content (AvgIpc) is 3.35. The molecule has 9 heteroatoms. The molecule has 0 unspecified atom stereocenters. The summed E-state index contributed by atoms with van der Waals surface area (Å²) in [4.78, 5) is 27.9. The number of aromatic nitrogens is 4. The number of ether oxygens (including phenoxy) is 1. The third-order valence-corrected chi connectivity index (χ3v) is 7.96. The number of benzene rings is 1. The Balaban J connectivity index is 1.85. The Morgan fingerprint density at radius 2 is 2.06 bits per heavy atom. The lowest BCUT2D eigenvalue weighted by atomic mass is 9.97. The zero-order valence-electron chi connectivity index (χ0n) is 17.5. The SMILES string of the molecule is COC(=O)[C@H](C)Sc1nnc2n(-c3cccc(C)c3)c(=O)c3c4c(sc3n12)CCCC4. The zero-order valence-corrected chi connectivity index (χ0v) is 19.2. The van der Waals surface area contributed by atoms with Gasteiger partial charge >= 0.3 is 5.97 Å². The van der Waals surface area contributed by atoms with Crippen LogP contribution in [0.15, 0.2) is 34.2 Å². The second-order valence-corrected chi connectivity index (χ2v) is 10.2. The highest BCUT2D eigenvalue weighted by molar-refractivity contribution is 8.00. The van der Waals surface area contributed by atoms with E-state index in [0.29, 0.717) is 10.9 Å². The fraction of sp³-hybridized carbons (Fsp3) is 0.364. The van der Waals surface area contributed by atoms with Crippen molar-refractivity contribution < 1.29 is 9.53 Å². The van der Waals surface area contributed by atoms with Crippen molar-refractivity contribution in [2.24, 2.45) is 0 Å². The van der Waals surface area contributed by atoms with Crippen molar-refractivity contribution in [1.82, 2.24) is 19.2 Å². The number of thiophene rings is 1. The first-order chi connectivity index (χ1) is 15.0. The Bertz CT molecular complexity index is 1390. The van der Waals surface area contributed by atoms with E-state index in [9.17, 15) is 9.59 Å². The average molecular weight is 455 g/mol. The van der Waals surface area contributed by atoms with Crippen molar-refractivity contribution in [2.45, 2.75) is 49.9 Å². The summed E-state index contributed by atoms with van der Waals surface area (Å²) in [6.07, 6.45) is 4.12. The number of thioether (sulfide) groups is 1. The molecule has 0 spiro atoms. The predicted molar refractivity (Wildman–Crippen MR) is 123 cm³/mol. The normalized spacial score (nSPS) is 14.7. The van der Waals surface area contributed by atoms with Gasteiger partial charge in [-0.05, 0) is 62.8 Å². The number of carbonyl (C=O) groups is 1. The molecule has 31 heavy (non-hydrogen) atoms. The van der Waals surface area contributed by atoms with E-state index >= 15 is 0 Å². The number of hydrogen-bond acceptors (Lipinski definition) is 7. The number of rotatable bonds is 4. The molecular weight excluding hydrogens is 432 g/mol. The van der Waals surface area contributed by atoms with Crippen molar-refractivity contribution in [3.05, 3.63) is 50.6 Å². The maximum absolute atomic E-state index is 13.8. The minimum absolute atomic E-state index is 0.0579. The lowest BCUT2D eigenvalue weighted by molar-refractivity contribution is -0.139. The molecule has 0 saturated carbocycles. The molecule has 1 aromatic carbocycles. The topological polar surface area (TPSA) is 78.5 Å². The van der Waals surface area contributed by atoms with Gasteiger partial charge in [0.15, 0.2) is 5.16 Å². The third kappa shape index (κ3) is 3.27. The Morgan fingerprint density at radius 1 is 1.26 bits per heavy atom. The minimum atomic E-state index is -0.443. The molecule has 3 aromatic heterocycles. The lowest BCUT2D eigenvalue weighted by Gasteiger charge is -2.13. The molecule has 3 heterocycles. The van der Waals surface area contributed by atoms with Gasteiger partial charge in [0.05, 0.1) is 18.2 Å². The van der Waals surface area contributed by atoms with Crippen molar-refractivity contribution in [2.75, 3.05) is 7.11 Å². The van der Waals surface area contributed by atoms with E-state index in [1.54, 1.807) is 22.8 Å². The van der Waals surface area contributed by atoms with Crippen LogP contribution in [0.3, 0.4) is 0 Å². The van der Waals surface area contributed by atoms with Gasteiger partial charge in [-0.3, -0.25) is 9.59 Å². The summed E-state index contributed by atoms with van der Waals surface area (Å²) in [5.41, 5.74) is 2.92. The molecule has 1 atom stereocenters. The standard InChI is InChI=1S/C22H22N4O3S2/c1-12-7-6-8-14(11-12)25-18(27)17-15-9-4-5-10-16(15)31-19(17)26-21(25)23-24-22(26)30-13(2)20(28)29-3/h6-8,11,13H,4-5,9-10H2,1-3H3/t13-/m0/s1. The second-order valence-electron chi connectivity index (χ2n) is 7.77.